The van der Waals surface area contributed by atoms with Gasteiger partial charge in [-0.15, -0.1) is 0 Å². The Hall–Kier alpha value is -0.540. The van der Waals surface area contributed by atoms with E-state index in [0.717, 1.165) is 5.92 Å². The molecule has 1 aromatic carbocycles. The van der Waals surface area contributed by atoms with Crippen molar-refractivity contribution >= 4 is 21.6 Å². The molecule has 18 heavy (non-hydrogen) atoms. The summed E-state index contributed by atoms with van der Waals surface area (Å²) in [7, 11) is 2.02. The molecule has 0 aromatic heterocycles. The summed E-state index contributed by atoms with van der Waals surface area (Å²) in [5, 5.41) is 3.35. The third-order valence-electron chi connectivity index (χ3n) is 4.10. The summed E-state index contributed by atoms with van der Waals surface area (Å²) in [6.45, 7) is 6.92. The second-order valence-electron chi connectivity index (χ2n) is 5.22. The molecule has 1 fully saturated rings. The maximum atomic E-state index is 3.60. The van der Waals surface area contributed by atoms with Crippen LogP contribution in [0.2, 0.25) is 0 Å². The van der Waals surface area contributed by atoms with Gasteiger partial charge in [0, 0.05) is 29.3 Å². The first-order chi connectivity index (χ1) is 8.65. The normalized spacial score (nSPS) is 21.3. The molecule has 2 rings (SSSR count). The van der Waals surface area contributed by atoms with Gasteiger partial charge >= 0.3 is 0 Å². The summed E-state index contributed by atoms with van der Waals surface area (Å²) in [5.74, 6) is 0.863. The minimum Gasteiger partial charge on any atom is -0.371 e. The Kier molecular flexibility index (Phi) is 4.68. The highest BCUT2D eigenvalue weighted by atomic mass is 79.9. The standard InChI is InChI=1S/C15H23BrN2/c1-4-12-7-8-18(10-12)15-9-13(16)5-6-14(15)11(2)17-3/h5-6,9,11-12,17H,4,7-8,10H2,1-3H3. The molecular weight excluding hydrogens is 288 g/mol. The van der Waals surface area contributed by atoms with Crippen LogP contribution in [0.25, 0.3) is 0 Å². The minimum atomic E-state index is 0.397. The summed E-state index contributed by atoms with van der Waals surface area (Å²) < 4.78 is 1.17. The Balaban J connectivity index is 2.28. The summed E-state index contributed by atoms with van der Waals surface area (Å²) in [5.41, 5.74) is 2.79. The zero-order valence-electron chi connectivity index (χ0n) is 11.5. The predicted molar refractivity (Wildman–Crippen MR) is 82.2 cm³/mol. The first-order valence-electron chi connectivity index (χ1n) is 6.87. The smallest absolute Gasteiger partial charge is 0.0426 e. The number of nitrogens with one attached hydrogen (secondary N) is 1. The fourth-order valence-electron chi connectivity index (χ4n) is 2.70. The van der Waals surface area contributed by atoms with Gasteiger partial charge in [-0.1, -0.05) is 35.3 Å². The van der Waals surface area contributed by atoms with Crippen LogP contribution in [0.4, 0.5) is 5.69 Å². The molecule has 1 aliphatic heterocycles. The van der Waals surface area contributed by atoms with Gasteiger partial charge in [0.15, 0.2) is 0 Å². The molecule has 100 valence electrons. The van der Waals surface area contributed by atoms with Crippen molar-refractivity contribution in [2.24, 2.45) is 5.92 Å². The molecule has 2 unspecified atom stereocenters. The van der Waals surface area contributed by atoms with Crippen molar-refractivity contribution in [1.29, 1.82) is 0 Å². The number of hydrogen-bond acceptors (Lipinski definition) is 2. The Morgan fingerprint density at radius 3 is 2.89 bits per heavy atom. The Bertz CT molecular complexity index is 405. The van der Waals surface area contributed by atoms with E-state index in [1.54, 1.807) is 0 Å². The first kappa shape index (κ1) is 13.9. The van der Waals surface area contributed by atoms with E-state index in [-0.39, 0.29) is 0 Å². The molecular formula is C15H23BrN2. The highest BCUT2D eigenvalue weighted by molar-refractivity contribution is 9.10. The zero-order chi connectivity index (χ0) is 13.1. The van der Waals surface area contributed by atoms with E-state index in [4.69, 9.17) is 0 Å². The van der Waals surface area contributed by atoms with Crippen molar-refractivity contribution < 1.29 is 0 Å². The summed E-state index contributed by atoms with van der Waals surface area (Å²) in [6.07, 6.45) is 2.62. The summed E-state index contributed by atoms with van der Waals surface area (Å²) >= 11 is 3.60. The van der Waals surface area contributed by atoms with Gasteiger partial charge in [-0.2, -0.15) is 0 Å². The van der Waals surface area contributed by atoms with Gasteiger partial charge in [0.05, 0.1) is 0 Å². The third-order valence-corrected chi connectivity index (χ3v) is 4.59. The first-order valence-corrected chi connectivity index (χ1v) is 7.66. The van der Waals surface area contributed by atoms with Crippen LogP contribution in [0, 0.1) is 5.92 Å². The summed E-state index contributed by atoms with van der Waals surface area (Å²) in [6, 6.07) is 7.04. The van der Waals surface area contributed by atoms with E-state index in [0.29, 0.717) is 6.04 Å². The Morgan fingerprint density at radius 1 is 1.50 bits per heavy atom. The molecule has 3 heteroatoms. The maximum Gasteiger partial charge on any atom is 0.0426 e. The van der Waals surface area contributed by atoms with Gasteiger partial charge in [-0.25, -0.2) is 0 Å². The molecule has 0 amide bonds. The average molecular weight is 311 g/mol. The van der Waals surface area contributed by atoms with Crippen molar-refractivity contribution in [3.05, 3.63) is 28.2 Å². The zero-order valence-corrected chi connectivity index (χ0v) is 13.1. The lowest BCUT2D eigenvalue weighted by Crippen LogP contribution is -2.23. The molecule has 1 N–H and O–H groups in total. The fourth-order valence-corrected chi connectivity index (χ4v) is 3.05. The van der Waals surface area contributed by atoms with E-state index in [1.807, 2.05) is 7.05 Å². The molecule has 0 saturated carbocycles. The van der Waals surface area contributed by atoms with E-state index in [1.165, 1.54) is 41.7 Å². The van der Waals surface area contributed by atoms with Crippen LogP contribution in [0.15, 0.2) is 22.7 Å². The molecule has 0 aliphatic carbocycles. The largest absolute Gasteiger partial charge is 0.371 e. The van der Waals surface area contributed by atoms with Crippen molar-refractivity contribution in [1.82, 2.24) is 5.32 Å². The SMILES string of the molecule is CCC1CCN(c2cc(Br)ccc2C(C)NC)C1. The lowest BCUT2D eigenvalue weighted by Gasteiger charge is -2.25. The van der Waals surface area contributed by atoms with E-state index in [9.17, 15) is 0 Å². The fraction of sp³-hybridized carbons (Fsp3) is 0.600. The Labute approximate surface area is 119 Å². The number of halogens is 1. The monoisotopic (exact) mass is 310 g/mol. The van der Waals surface area contributed by atoms with Crippen molar-refractivity contribution in [2.75, 3.05) is 25.0 Å². The number of benzene rings is 1. The Morgan fingerprint density at radius 2 is 2.28 bits per heavy atom. The van der Waals surface area contributed by atoms with E-state index in [2.05, 4.69) is 58.2 Å². The van der Waals surface area contributed by atoms with Crippen molar-refractivity contribution in [3.63, 3.8) is 0 Å². The molecule has 1 aromatic rings. The number of rotatable bonds is 4. The summed E-state index contributed by atoms with van der Waals surface area (Å²) in [4.78, 5) is 2.54. The van der Waals surface area contributed by atoms with Crippen LogP contribution in [0.5, 0.6) is 0 Å². The molecule has 1 aliphatic rings. The molecule has 0 bridgehead atoms. The highest BCUT2D eigenvalue weighted by Crippen LogP contribution is 2.33. The van der Waals surface area contributed by atoms with Gasteiger partial charge in [0.2, 0.25) is 0 Å². The van der Waals surface area contributed by atoms with Gasteiger partial charge in [0.25, 0.3) is 0 Å². The van der Waals surface area contributed by atoms with Gasteiger partial charge in [0.1, 0.15) is 0 Å². The second kappa shape index (κ2) is 6.07. The number of hydrogen-bond donors (Lipinski definition) is 1. The second-order valence-corrected chi connectivity index (χ2v) is 6.14. The molecule has 0 spiro atoms. The van der Waals surface area contributed by atoms with Crippen molar-refractivity contribution in [3.8, 4) is 0 Å². The minimum absolute atomic E-state index is 0.397. The number of nitrogens with zero attached hydrogens (tertiary/aromatic N) is 1. The van der Waals surface area contributed by atoms with Crippen LogP contribution in [-0.4, -0.2) is 20.1 Å². The molecule has 1 heterocycles. The lowest BCUT2D eigenvalue weighted by atomic mass is 10.0. The predicted octanol–water partition coefficient (Wildman–Crippen LogP) is 3.97. The quantitative estimate of drug-likeness (QED) is 0.905. The van der Waals surface area contributed by atoms with Gasteiger partial charge < -0.3 is 10.2 Å². The van der Waals surface area contributed by atoms with Crippen LogP contribution in [-0.2, 0) is 0 Å². The topological polar surface area (TPSA) is 15.3 Å². The molecule has 2 atom stereocenters. The van der Waals surface area contributed by atoms with E-state index < -0.39 is 0 Å². The third kappa shape index (κ3) is 2.89. The van der Waals surface area contributed by atoms with Gasteiger partial charge in [-0.05, 0) is 44.0 Å². The average Bonchev–Trinajstić information content (AvgIpc) is 2.86. The maximum absolute atomic E-state index is 3.60. The number of anilines is 1. The molecule has 2 nitrogen and oxygen atoms in total. The molecule has 0 radical (unpaired) electrons. The molecule has 1 saturated heterocycles. The lowest BCUT2D eigenvalue weighted by molar-refractivity contribution is 0.568. The van der Waals surface area contributed by atoms with Crippen molar-refractivity contribution in [2.45, 2.75) is 32.7 Å². The van der Waals surface area contributed by atoms with Gasteiger partial charge in [-0.3, -0.25) is 0 Å². The highest BCUT2D eigenvalue weighted by Gasteiger charge is 2.24. The van der Waals surface area contributed by atoms with Crippen LogP contribution in [0.1, 0.15) is 38.3 Å². The van der Waals surface area contributed by atoms with Crippen LogP contribution >= 0.6 is 15.9 Å². The van der Waals surface area contributed by atoms with Crippen LogP contribution in [0.3, 0.4) is 0 Å². The van der Waals surface area contributed by atoms with Crippen LogP contribution < -0.4 is 10.2 Å². The van der Waals surface area contributed by atoms with E-state index >= 15 is 0 Å².